The molecule has 0 aliphatic carbocycles. The molecule has 1 heterocycles. The zero-order valence-electron chi connectivity index (χ0n) is 12.5. The van der Waals surface area contributed by atoms with E-state index in [1.165, 1.54) is 11.8 Å². The summed E-state index contributed by atoms with van der Waals surface area (Å²) in [5, 5.41) is 20.2. The van der Waals surface area contributed by atoms with E-state index in [0.717, 1.165) is 47.6 Å². The maximum atomic E-state index is 10.1. The van der Waals surface area contributed by atoms with Crippen LogP contribution in [0.2, 0.25) is 0 Å². The molecule has 1 aliphatic rings. The van der Waals surface area contributed by atoms with E-state index in [9.17, 15) is 10.2 Å². The van der Waals surface area contributed by atoms with E-state index < -0.39 is 0 Å². The number of thioether (sulfide) groups is 1. The predicted molar refractivity (Wildman–Crippen MR) is 98.3 cm³/mol. The number of phenolic OH excluding ortho intramolecular Hbond substituents is 2. The maximum Gasteiger partial charge on any atom is 0.171 e. The highest BCUT2D eigenvalue weighted by molar-refractivity contribution is 8.93. The second-order valence-electron chi connectivity index (χ2n) is 5.22. The summed E-state index contributed by atoms with van der Waals surface area (Å²) in [6.45, 7) is 0.926. The summed E-state index contributed by atoms with van der Waals surface area (Å²) in [6.07, 6.45) is 5.06. The van der Waals surface area contributed by atoms with Gasteiger partial charge in [0, 0.05) is 24.0 Å². The van der Waals surface area contributed by atoms with Crippen molar-refractivity contribution in [1.29, 1.82) is 0 Å². The van der Waals surface area contributed by atoms with Gasteiger partial charge in [0.2, 0.25) is 0 Å². The zero-order valence-corrected chi connectivity index (χ0v) is 15.0. The summed E-state index contributed by atoms with van der Waals surface area (Å²) in [6, 6.07) is 11.9. The number of fused-ring (bicyclic) bond motifs is 1. The minimum atomic E-state index is -0.0408. The van der Waals surface area contributed by atoms with Gasteiger partial charge < -0.3 is 15.1 Å². The van der Waals surface area contributed by atoms with Crippen LogP contribution in [0, 0.1) is 0 Å². The molecule has 0 fully saturated rings. The highest BCUT2D eigenvalue weighted by Gasteiger charge is 2.23. The van der Waals surface area contributed by atoms with Gasteiger partial charge in [-0.1, -0.05) is 18.2 Å². The van der Waals surface area contributed by atoms with Gasteiger partial charge in [-0.05, 0) is 43.2 Å². The fourth-order valence-electron chi connectivity index (χ4n) is 2.93. The Bertz CT molecular complexity index is 649. The van der Waals surface area contributed by atoms with Gasteiger partial charge in [0.05, 0.1) is 4.90 Å². The van der Waals surface area contributed by atoms with Crippen LogP contribution >= 0.6 is 28.7 Å². The maximum absolute atomic E-state index is 10.1. The average molecular weight is 382 g/mol. The lowest BCUT2D eigenvalue weighted by atomic mass is 10.1. The number of rotatable bonds is 2. The number of benzene rings is 2. The molecule has 0 radical (unpaired) electrons. The molecule has 2 aromatic rings. The number of para-hydroxylation sites is 1. The Morgan fingerprint density at radius 1 is 1.09 bits per heavy atom. The van der Waals surface area contributed by atoms with Gasteiger partial charge in [-0.15, -0.1) is 28.7 Å². The quantitative estimate of drug-likeness (QED) is 0.575. The first kappa shape index (κ1) is 17.0. The molecule has 2 N–H and O–H groups in total. The largest absolute Gasteiger partial charge is 0.504 e. The third kappa shape index (κ3) is 3.06. The summed E-state index contributed by atoms with van der Waals surface area (Å²) >= 11 is 1.49. The number of halogens is 1. The topological polar surface area (TPSA) is 43.7 Å². The van der Waals surface area contributed by atoms with E-state index in [2.05, 4.69) is 17.0 Å². The van der Waals surface area contributed by atoms with Crippen LogP contribution in [0.25, 0.3) is 0 Å². The molecule has 0 saturated heterocycles. The van der Waals surface area contributed by atoms with Crippen LogP contribution < -0.4 is 4.90 Å². The summed E-state index contributed by atoms with van der Waals surface area (Å²) in [5.74, 6) is -0.0305. The fraction of sp³-hybridized carbons (Fsp3) is 0.294. The van der Waals surface area contributed by atoms with Crippen molar-refractivity contribution in [2.24, 2.45) is 0 Å². The minimum Gasteiger partial charge on any atom is -0.504 e. The molecule has 3 nitrogen and oxygen atoms in total. The van der Waals surface area contributed by atoms with Gasteiger partial charge in [0.1, 0.15) is 0 Å². The van der Waals surface area contributed by atoms with Gasteiger partial charge in [-0.2, -0.15) is 0 Å². The first-order valence-electron chi connectivity index (χ1n) is 7.16. The van der Waals surface area contributed by atoms with Crippen molar-refractivity contribution in [2.75, 3.05) is 17.7 Å². The zero-order chi connectivity index (χ0) is 14.8. The molecule has 5 heteroatoms. The standard InChI is InChI=1S/C17H19NO2S.BrH/c1-21-17-13-9-5-6-10-18(12-7-3-2-4-8-12)14(13)11-15(19)16(17)20;/h2-4,7-8,11,19-20H,5-6,9-10H2,1H3;1H. The Kier molecular flexibility index (Phi) is 5.64. The molecule has 0 amide bonds. The number of hydrogen-bond donors (Lipinski definition) is 2. The normalized spacial score (nSPS) is 14.0. The molecule has 0 bridgehead atoms. The molecule has 0 saturated carbocycles. The summed E-state index contributed by atoms with van der Waals surface area (Å²) in [4.78, 5) is 3.04. The van der Waals surface area contributed by atoms with Crippen LogP contribution in [0.3, 0.4) is 0 Å². The van der Waals surface area contributed by atoms with Gasteiger partial charge in [-0.25, -0.2) is 0 Å². The van der Waals surface area contributed by atoms with Gasteiger partial charge >= 0.3 is 0 Å². The van der Waals surface area contributed by atoms with E-state index in [4.69, 9.17) is 0 Å². The van der Waals surface area contributed by atoms with E-state index in [-0.39, 0.29) is 28.5 Å². The lowest BCUT2D eigenvalue weighted by Crippen LogP contribution is -2.17. The molecular formula is C17H20BrNO2S. The lowest BCUT2D eigenvalue weighted by molar-refractivity contribution is 0.394. The van der Waals surface area contributed by atoms with Crippen molar-refractivity contribution in [1.82, 2.24) is 0 Å². The Hall–Kier alpha value is -1.33. The molecular weight excluding hydrogens is 362 g/mol. The molecule has 1 aliphatic heterocycles. The van der Waals surface area contributed by atoms with Crippen LogP contribution in [0.5, 0.6) is 11.5 Å². The summed E-state index contributed by atoms with van der Waals surface area (Å²) in [5.41, 5.74) is 3.27. The Morgan fingerprint density at radius 3 is 2.50 bits per heavy atom. The first-order valence-corrected chi connectivity index (χ1v) is 8.39. The van der Waals surface area contributed by atoms with Crippen LogP contribution in [-0.2, 0) is 6.42 Å². The number of anilines is 2. The lowest BCUT2D eigenvalue weighted by Gasteiger charge is -2.26. The molecule has 0 spiro atoms. The Labute approximate surface area is 145 Å². The minimum absolute atomic E-state index is 0. The molecule has 118 valence electrons. The van der Waals surface area contributed by atoms with Crippen molar-refractivity contribution < 1.29 is 10.2 Å². The van der Waals surface area contributed by atoms with E-state index in [0.29, 0.717) is 0 Å². The Balaban J connectivity index is 0.00000176. The van der Waals surface area contributed by atoms with Crippen LogP contribution in [0.1, 0.15) is 18.4 Å². The summed E-state index contributed by atoms with van der Waals surface area (Å²) in [7, 11) is 0. The molecule has 0 atom stereocenters. The van der Waals surface area contributed by atoms with Crippen LogP contribution in [0.4, 0.5) is 11.4 Å². The van der Waals surface area contributed by atoms with Crippen molar-refractivity contribution in [2.45, 2.75) is 24.2 Å². The summed E-state index contributed by atoms with van der Waals surface area (Å²) < 4.78 is 0. The van der Waals surface area contributed by atoms with Crippen LogP contribution in [0.15, 0.2) is 41.3 Å². The third-order valence-electron chi connectivity index (χ3n) is 3.94. The number of phenols is 2. The second-order valence-corrected chi connectivity index (χ2v) is 6.04. The van der Waals surface area contributed by atoms with Crippen molar-refractivity contribution in [3.63, 3.8) is 0 Å². The average Bonchev–Trinajstić information content (AvgIpc) is 2.72. The van der Waals surface area contributed by atoms with E-state index >= 15 is 0 Å². The van der Waals surface area contributed by atoms with E-state index in [1.54, 1.807) is 6.07 Å². The van der Waals surface area contributed by atoms with Crippen LogP contribution in [-0.4, -0.2) is 23.0 Å². The smallest absolute Gasteiger partial charge is 0.171 e. The molecule has 3 rings (SSSR count). The third-order valence-corrected chi connectivity index (χ3v) is 4.78. The van der Waals surface area contributed by atoms with Crippen molar-refractivity contribution in [3.05, 3.63) is 42.0 Å². The van der Waals surface area contributed by atoms with Gasteiger partial charge in [0.15, 0.2) is 11.5 Å². The van der Waals surface area contributed by atoms with E-state index in [1.807, 2.05) is 24.5 Å². The molecule has 0 unspecified atom stereocenters. The number of aromatic hydroxyl groups is 2. The fourth-order valence-corrected chi connectivity index (χ4v) is 3.68. The number of hydrogen-bond acceptors (Lipinski definition) is 4. The highest BCUT2D eigenvalue weighted by Crippen LogP contribution is 2.46. The van der Waals surface area contributed by atoms with Gasteiger partial charge in [-0.3, -0.25) is 0 Å². The SMILES string of the molecule is Br.CSc1c(O)c(O)cc2c1CCCCN2c1ccccc1. The number of nitrogens with zero attached hydrogens (tertiary/aromatic N) is 1. The van der Waals surface area contributed by atoms with Crippen molar-refractivity contribution in [3.8, 4) is 11.5 Å². The highest BCUT2D eigenvalue weighted by atomic mass is 79.9. The van der Waals surface area contributed by atoms with Gasteiger partial charge in [0.25, 0.3) is 0 Å². The molecule has 2 aromatic carbocycles. The molecule has 0 aromatic heterocycles. The first-order chi connectivity index (χ1) is 10.2. The molecule has 22 heavy (non-hydrogen) atoms. The monoisotopic (exact) mass is 381 g/mol. The van der Waals surface area contributed by atoms with Crippen molar-refractivity contribution >= 4 is 40.1 Å². The predicted octanol–water partition coefficient (Wildman–Crippen LogP) is 4.87. The Morgan fingerprint density at radius 2 is 1.82 bits per heavy atom. The second kappa shape index (κ2) is 7.29.